The molecule has 6 heteroatoms. The first-order valence-corrected chi connectivity index (χ1v) is 6.47. The minimum absolute atomic E-state index is 0.164. The van der Waals surface area contributed by atoms with Gasteiger partial charge in [-0.1, -0.05) is 35.3 Å². The van der Waals surface area contributed by atoms with Crippen LogP contribution in [0.5, 0.6) is 0 Å². The second-order valence-corrected chi connectivity index (χ2v) is 4.77. The van der Waals surface area contributed by atoms with Crippen LogP contribution >= 0.6 is 23.2 Å². The SMILES string of the molecule is O=C(O)c1cccc(N=NCc2c(Cl)cccc2Cl)c1. The molecule has 0 aliphatic carbocycles. The Morgan fingerprint density at radius 1 is 1.10 bits per heavy atom. The van der Waals surface area contributed by atoms with Crippen LogP contribution in [0, 0.1) is 0 Å². The lowest BCUT2D eigenvalue weighted by Crippen LogP contribution is -1.94. The highest BCUT2D eigenvalue weighted by Crippen LogP contribution is 2.25. The van der Waals surface area contributed by atoms with Crippen LogP contribution in [0.25, 0.3) is 0 Å². The third-order valence-corrected chi connectivity index (χ3v) is 3.28. The average molecular weight is 309 g/mol. The van der Waals surface area contributed by atoms with Crippen LogP contribution < -0.4 is 0 Å². The summed E-state index contributed by atoms with van der Waals surface area (Å²) in [5.74, 6) is -1.00. The van der Waals surface area contributed by atoms with E-state index in [2.05, 4.69) is 10.2 Å². The lowest BCUT2D eigenvalue weighted by molar-refractivity contribution is 0.0697. The second-order valence-electron chi connectivity index (χ2n) is 3.96. The highest BCUT2D eigenvalue weighted by molar-refractivity contribution is 6.35. The van der Waals surface area contributed by atoms with Crippen LogP contribution in [0.3, 0.4) is 0 Å². The number of aromatic carboxylic acids is 1. The number of rotatable bonds is 4. The summed E-state index contributed by atoms with van der Waals surface area (Å²) in [4.78, 5) is 10.8. The number of nitrogens with zero attached hydrogens (tertiary/aromatic N) is 2. The van der Waals surface area contributed by atoms with E-state index in [9.17, 15) is 4.79 Å². The molecule has 0 radical (unpaired) electrons. The number of carboxylic acids is 1. The predicted molar refractivity (Wildman–Crippen MR) is 78.1 cm³/mol. The summed E-state index contributed by atoms with van der Waals surface area (Å²) in [6.07, 6.45) is 0. The summed E-state index contributed by atoms with van der Waals surface area (Å²) in [5.41, 5.74) is 1.32. The van der Waals surface area contributed by atoms with Gasteiger partial charge in [0.25, 0.3) is 0 Å². The van der Waals surface area contributed by atoms with Gasteiger partial charge in [-0.15, -0.1) is 0 Å². The molecule has 0 fully saturated rings. The van der Waals surface area contributed by atoms with Crippen molar-refractivity contribution in [3.05, 3.63) is 63.6 Å². The molecule has 1 N–H and O–H groups in total. The van der Waals surface area contributed by atoms with Gasteiger partial charge in [-0.2, -0.15) is 10.2 Å². The molecular formula is C14H10Cl2N2O2. The molecule has 2 aromatic carbocycles. The van der Waals surface area contributed by atoms with E-state index in [1.54, 1.807) is 30.3 Å². The number of halogens is 2. The standard InChI is InChI=1S/C14H10Cl2N2O2/c15-12-5-2-6-13(16)11(12)8-17-18-10-4-1-3-9(7-10)14(19)20/h1-7H,8H2,(H,19,20). The average Bonchev–Trinajstić information content (AvgIpc) is 2.42. The Morgan fingerprint density at radius 2 is 1.75 bits per heavy atom. The molecule has 0 amide bonds. The predicted octanol–water partition coefficient (Wildman–Crippen LogP) is 4.98. The van der Waals surface area contributed by atoms with Crippen molar-refractivity contribution in [1.82, 2.24) is 0 Å². The van der Waals surface area contributed by atoms with Crippen LogP contribution in [-0.4, -0.2) is 11.1 Å². The highest BCUT2D eigenvalue weighted by Gasteiger charge is 2.05. The summed E-state index contributed by atoms with van der Waals surface area (Å²) < 4.78 is 0. The summed E-state index contributed by atoms with van der Waals surface area (Å²) in [6, 6.07) is 11.4. The molecule has 0 heterocycles. The number of carbonyl (C=O) groups is 1. The summed E-state index contributed by atoms with van der Waals surface area (Å²) in [5, 5.41) is 17.9. The van der Waals surface area contributed by atoms with Crippen molar-refractivity contribution >= 4 is 34.9 Å². The Kier molecular flexibility index (Phi) is 4.71. The smallest absolute Gasteiger partial charge is 0.335 e. The van der Waals surface area contributed by atoms with Crippen LogP contribution in [-0.2, 0) is 6.54 Å². The molecule has 2 aromatic rings. The van der Waals surface area contributed by atoms with Crippen molar-refractivity contribution in [3.63, 3.8) is 0 Å². The molecule has 0 aliphatic heterocycles. The minimum Gasteiger partial charge on any atom is -0.478 e. The number of azo groups is 1. The van der Waals surface area contributed by atoms with Crippen molar-refractivity contribution in [2.45, 2.75) is 6.54 Å². The number of hydrogen-bond donors (Lipinski definition) is 1. The van der Waals surface area contributed by atoms with Crippen LogP contribution in [0.1, 0.15) is 15.9 Å². The van der Waals surface area contributed by atoms with E-state index in [1.807, 2.05) is 0 Å². The Balaban J connectivity index is 2.14. The van der Waals surface area contributed by atoms with E-state index < -0.39 is 5.97 Å². The fraction of sp³-hybridized carbons (Fsp3) is 0.0714. The van der Waals surface area contributed by atoms with Crippen LogP contribution in [0.15, 0.2) is 52.7 Å². The van der Waals surface area contributed by atoms with Gasteiger partial charge >= 0.3 is 5.97 Å². The Hall–Kier alpha value is -1.91. The quantitative estimate of drug-likeness (QED) is 0.810. The van der Waals surface area contributed by atoms with Crippen molar-refractivity contribution in [2.75, 3.05) is 0 Å². The zero-order valence-electron chi connectivity index (χ0n) is 10.3. The molecule has 0 saturated heterocycles. The van der Waals surface area contributed by atoms with E-state index in [0.717, 1.165) is 0 Å². The van der Waals surface area contributed by atoms with Gasteiger partial charge in [0, 0.05) is 15.6 Å². The molecule has 0 atom stereocenters. The molecule has 0 spiro atoms. The Bertz CT molecular complexity index is 652. The molecule has 102 valence electrons. The largest absolute Gasteiger partial charge is 0.478 e. The van der Waals surface area contributed by atoms with E-state index in [4.69, 9.17) is 28.3 Å². The number of hydrogen-bond acceptors (Lipinski definition) is 3. The van der Waals surface area contributed by atoms with Crippen LogP contribution in [0.4, 0.5) is 5.69 Å². The fourth-order valence-corrected chi connectivity index (χ4v) is 2.09. The van der Waals surface area contributed by atoms with Crippen molar-refractivity contribution in [3.8, 4) is 0 Å². The summed E-state index contributed by atoms with van der Waals surface area (Å²) >= 11 is 12.0. The normalized spacial score (nSPS) is 10.9. The van der Waals surface area contributed by atoms with Crippen molar-refractivity contribution in [1.29, 1.82) is 0 Å². The third-order valence-electron chi connectivity index (χ3n) is 2.57. The minimum atomic E-state index is -1.00. The molecule has 0 unspecified atom stereocenters. The van der Waals surface area contributed by atoms with Gasteiger partial charge in [-0.3, -0.25) is 0 Å². The Morgan fingerprint density at radius 3 is 2.40 bits per heavy atom. The van der Waals surface area contributed by atoms with E-state index in [-0.39, 0.29) is 12.1 Å². The van der Waals surface area contributed by atoms with Crippen molar-refractivity contribution < 1.29 is 9.90 Å². The van der Waals surface area contributed by atoms with Gasteiger partial charge in [0.2, 0.25) is 0 Å². The van der Waals surface area contributed by atoms with Crippen LogP contribution in [0.2, 0.25) is 10.0 Å². The molecule has 0 saturated carbocycles. The fourth-order valence-electron chi connectivity index (χ4n) is 1.57. The summed E-state index contributed by atoms with van der Waals surface area (Å²) in [6.45, 7) is 0.232. The lowest BCUT2D eigenvalue weighted by Gasteiger charge is -2.02. The maximum atomic E-state index is 10.8. The maximum absolute atomic E-state index is 10.8. The van der Waals surface area contributed by atoms with Gasteiger partial charge in [0.1, 0.15) is 0 Å². The molecule has 0 bridgehead atoms. The van der Waals surface area contributed by atoms with Gasteiger partial charge in [-0.05, 0) is 30.3 Å². The first kappa shape index (κ1) is 14.5. The van der Waals surface area contributed by atoms with Gasteiger partial charge < -0.3 is 5.11 Å². The second kappa shape index (κ2) is 6.50. The summed E-state index contributed by atoms with van der Waals surface area (Å²) in [7, 11) is 0. The molecular weight excluding hydrogens is 299 g/mol. The van der Waals surface area contributed by atoms with E-state index in [1.165, 1.54) is 12.1 Å². The zero-order valence-corrected chi connectivity index (χ0v) is 11.8. The zero-order chi connectivity index (χ0) is 14.5. The topological polar surface area (TPSA) is 62.0 Å². The number of benzene rings is 2. The first-order chi connectivity index (χ1) is 9.58. The molecule has 2 rings (SSSR count). The van der Waals surface area contributed by atoms with Gasteiger partial charge in [-0.25, -0.2) is 4.79 Å². The number of carboxylic acid groups (broad SMARTS) is 1. The Labute approximate surface area is 125 Å². The molecule has 0 aliphatic rings. The van der Waals surface area contributed by atoms with Gasteiger partial charge in [0.05, 0.1) is 17.8 Å². The highest BCUT2D eigenvalue weighted by atomic mass is 35.5. The van der Waals surface area contributed by atoms with Crippen molar-refractivity contribution in [2.24, 2.45) is 10.2 Å². The van der Waals surface area contributed by atoms with Gasteiger partial charge in [0.15, 0.2) is 0 Å². The lowest BCUT2D eigenvalue weighted by atomic mass is 10.2. The maximum Gasteiger partial charge on any atom is 0.335 e. The monoisotopic (exact) mass is 308 g/mol. The third kappa shape index (κ3) is 3.56. The first-order valence-electron chi connectivity index (χ1n) is 5.71. The molecule has 20 heavy (non-hydrogen) atoms. The molecule has 0 aromatic heterocycles. The molecule has 4 nitrogen and oxygen atoms in total. The van der Waals surface area contributed by atoms with E-state index >= 15 is 0 Å². The van der Waals surface area contributed by atoms with E-state index in [0.29, 0.717) is 21.3 Å².